The Kier molecular flexibility index (Phi) is 508. The van der Waals surface area contributed by atoms with Gasteiger partial charge >= 0.3 is 0 Å². The smallest absolute Gasteiger partial charge is 0.300 e. The Labute approximate surface area is 58.2 Å². The molecule has 0 atom stereocenters. The van der Waals surface area contributed by atoms with E-state index in [9.17, 15) is 0 Å². The van der Waals surface area contributed by atoms with E-state index in [2.05, 4.69) is 11.7 Å². The highest BCUT2D eigenvalue weighted by Gasteiger charge is 1.33. The fourth-order valence-electron chi connectivity index (χ4n) is 0. The minimum absolute atomic E-state index is 0. The predicted octanol–water partition coefficient (Wildman–Crippen LogP) is -6.57. The first-order valence-electron chi connectivity index (χ1n) is 0.916. The molecule has 0 aliphatic carbocycles. The molecular formula is H4Cl2N6. The van der Waals surface area contributed by atoms with Crippen LogP contribution in [0.15, 0.2) is 0 Å². The van der Waals surface area contributed by atoms with Gasteiger partial charge in [-0.15, -0.1) is 0 Å². The number of halogens is 2. The lowest BCUT2D eigenvalue weighted by Gasteiger charge is -1.01. The minimum Gasteiger partial charge on any atom is -1.00 e. The van der Waals surface area contributed by atoms with Crippen LogP contribution in [0.1, 0.15) is 0 Å². The molecule has 6 nitrogen and oxygen atoms in total. The van der Waals surface area contributed by atoms with Crippen LogP contribution < -0.4 is 36.5 Å². The zero-order chi connectivity index (χ0) is 5.41. The van der Waals surface area contributed by atoms with E-state index < -0.39 is 0 Å². The molecule has 0 aromatic carbocycles. The molecule has 8 heavy (non-hydrogen) atoms. The fourth-order valence-corrected chi connectivity index (χ4v) is 0. The molecule has 0 radical (unpaired) electrons. The lowest BCUT2D eigenvalue weighted by molar-refractivity contribution is -0.001000. The van der Waals surface area contributed by atoms with Gasteiger partial charge in [0.2, 0.25) is 0 Å². The summed E-state index contributed by atoms with van der Waals surface area (Å²) in [5, 5.41) is 17.9. The summed E-state index contributed by atoms with van der Waals surface area (Å²) in [4.78, 5) is 0. The molecule has 0 fully saturated rings. The van der Waals surface area contributed by atoms with E-state index in [1.807, 2.05) is 10.2 Å². The molecule has 4 N–H and O–H groups in total. The van der Waals surface area contributed by atoms with Crippen molar-refractivity contribution in [1.82, 2.24) is 0 Å². The molecule has 0 spiro atoms. The SMILES string of the molecule is N#[N+]N.N#[N+]N.[Cl-].[Cl-]. The molecule has 0 saturated carbocycles. The summed E-state index contributed by atoms with van der Waals surface area (Å²) >= 11 is 0. The quantitative estimate of drug-likeness (QED) is 0.208. The first-order valence-corrected chi connectivity index (χ1v) is 0.916. The Balaban J connectivity index is -0.0000000160. The molecule has 0 aromatic rings. The second-order valence-corrected chi connectivity index (χ2v) is 0.231. The van der Waals surface area contributed by atoms with Gasteiger partial charge in [-0.2, -0.15) is 0 Å². The Hall–Kier alpha value is -0.980. The number of nitrogens with two attached hydrogens (primary N) is 2. The van der Waals surface area contributed by atoms with Gasteiger partial charge in [-0.25, -0.2) is 0 Å². The van der Waals surface area contributed by atoms with Crippen LogP contribution in [0.2, 0.25) is 0 Å². The molecule has 0 unspecified atom stereocenters. The van der Waals surface area contributed by atoms with Crippen LogP contribution in [-0.4, -0.2) is 0 Å². The van der Waals surface area contributed by atoms with E-state index >= 15 is 0 Å². The van der Waals surface area contributed by atoms with Gasteiger partial charge in [0.05, 0.1) is 0 Å². The number of rotatable bonds is 0. The van der Waals surface area contributed by atoms with Gasteiger partial charge in [0, 0.05) is 0 Å². The minimum atomic E-state index is 0. The summed E-state index contributed by atoms with van der Waals surface area (Å²) in [6, 6.07) is 0. The number of hydrogen-bond acceptors (Lipinski definition) is 4. The predicted molar refractivity (Wildman–Crippen MR) is 18.5 cm³/mol. The van der Waals surface area contributed by atoms with Crippen LogP contribution in [0.5, 0.6) is 0 Å². The van der Waals surface area contributed by atoms with Gasteiger partial charge in [-0.3, -0.25) is 0 Å². The third-order valence-electron chi connectivity index (χ3n) is 0. The summed E-state index contributed by atoms with van der Waals surface area (Å²) < 4.78 is 0. The van der Waals surface area contributed by atoms with Crippen molar-refractivity contribution in [2.24, 2.45) is 11.7 Å². The number of nitrogens with zero attached hydrogens (tertiary/aromatic N) is 4. The standard InChI is InChI=1S/2ClH.2H2N3/c;;2*1-3-2/h2*1H;2*1H2/q;;2*+1/p-2. The van der Waals surface area contributed by atoms with E-state index in [0.29, 0.717) is 0 Å². The lowest BCUT2D eigenvalue weighted by atomic mass is 12.9. The van der Waals surface area contributed by atoms with E-state index in [0.717, 1.165) is 0 Å². The Morgan fingerprint density at radius 1 is 0.875 bits per heavy atom. The van der Waals surface area contributed by atoms with Crippen molar-refractivity contribution in [3.05, 3.63) is 10.2 Å². The van der Waals surface area contributed by atoms with Crippen LogP contribution >= 0.6 is 0 Å². The lowest BCUT2D eigenvalue weighted by Crippen LogP contribution is -3.00. The van der Waals surface area contributed by atoms with Crippen LogP contribution in [0.3, 0.4) is 0 Å². The van der Waals surface area contributed by atoms with Gasteiger partial charge in [0.15, 0.2) is 0 Å². The van der Waals surface area contributed by atoms with Crippen molar-refractivity contribution in [2.45, 2.75) is 0 Å². The summed E-state index contributed by atoms with van der Waals surface area (Å²) in [7, 11) is 0. The highest BCUT2D eigenvalue weighted by molar-refractivity contribution is 4.06. The highest BCUT2D eigenvalue weighted by atomic mass is 35.5. The highest BCUT2D eigenvalue weighted by Crippen LogP contribution is 1.08. The molecule has 0 aromatic heterocycles. The second-order valence-electron chi connectivity index (χ2n) is 0.231. The Morgan fingerprint density at radius 2 is 0.875 bits per heavy atom. The van der Waals surface area contributed by atoms with Crippen molar-refractivity contribution >= 4 is 0 Å². The van der Waals surface area contributed by atoms with Crippen LogP contribution in [-0.2, 0) is 0 Å². The molecule has 8 heteroatoms. The second kappa shape index (κ2) is 146. The zero-order valence-corrected chi connectivity index (χ0v) is 5.21. The molecule has 0 heterocycles. The molecular weight excluding hydrogens is 155 g/mol. The summed E-state index contributed by atoms with van der Waals surface area (Å²) in [5.41, 5.74) is 0. The van der Waals surface area contributed by atoms with Crippen LogP contribution in [0, 0.1) is 10.8 Å². The monoisotopic (exact) mass is 158 g/mol. The largest absolute Gasteiger partial charge is 1.00 e. The summed E-state index contributed by atoms with van der Waals surface area (Å²) in [6.45, 7) is 0. The third-order valence-corrected chi connectivity index (χ3v) is 0. The summed E-state index contributed by atoms with van der Waals surface area (Å²) in [6.07, 6.45) is 0. The van der Waals surface area contributed by atoms with Crippen LogP contribution in [0.4, 0.5) is 0 Å². The van der Waals surface area contributed by atoms with Crippen LogP contribution in [0.25, 0.3) is 10.2 Å². The van der Waals surface area contributed by atoms with Gasteiger partial charge in [0.1, 0.15) is 0 Å². The molecule has 0 bridgehead atoms. The Bertz CT molecular complexity index is 61.5. The molecule has 0 amide bonds. The maximum absolute atomic E-state index is 6.97. The fraction of sp³-hybridized carbons (Fsp3) is 0. The maximum Gasteiger partial charge on any atom is 0.300 e. The van der Waals surface area contributed by atoms with E-state index in [1.54, 1.807) is 0 Å². The molecule has 0 aliphatic heterocycles. The van der Waals surface area contributed by atoms with Gasteiger partial charge < -0.3 is 24.8 Å². The van der Waals surface area contributed by atoms with Crippen molar-refractivity contribution in [3.63, 3.8) is 0 Å². The normalized spacial score (nSPS) is 1.75. The third kappa shape index (κ3) is 84.5. The average Bonchev–Trinajstić information content (AvgIpc) is 1.39. The first kappa shape index (κ1) is 27.9. The van der Waals surface area contributed by atoms with Crippen molar-refractivity contribution in [2.75, 3.05) is 0 Å². The number of diazo groups is 2. The molecule has 48 valence electrons. The van der Waals surface area contributed by atoms with Crippen molar-refractivity contribution in [3.8, 4) is 0 Å². The summed E-state index contributed by atoms with van der Waals surface area (Å²) in [5.74, 6) is 8.06. The van der Waals surface area contributed by atoms with E-state index in [1.165, 1.54) is 0 Å². The van der Waals surface area contributed by atoms with E-state index in [-0.39, 0.29) is 24.8 Å². The van der Waals surface area contributed by atoms with Gasteiger partial charge in [-0.05, 0) is 0 Å². The molecule has 0 aliphatic rings. The maximum atomic E-state index is 6.97. The Morgan fingerprint density at radius 3 is 0.875 bits per heavy atom. The molecule has 0 saturated heterocycles. The van der Waals surface area contributed by atoms with Crippen molar-refractivity contribution < 1.29 is 24.8 Å². The zero-order valence-electron chi connectivity index (χ0n) is 3.70. The van der Waals surface area contributed by atoms with Gasteiger partial charge in [0.25, 0.3) is 21.0 Å². The molecule has 0 rings (SSSR count). The topological polar surface area (TPSA) is 108 Å². The van der Waals surface area contributed by atoms with Crippen molar-refractivity contribution in [1.29, 1.82) is 10.8 Å². The van der Waals surface area contributed by atoms with E-state index in [4.69, 9.17) is 10.8 Å². The first-order chi connectivity index (χ1) is 2.83. The van der Waals surface area contributed by atoms with Gasteiger partial charge in [-0.1, -0.05) is 11.7 Å². The average molecular weight is 159 g/mol. The number of hydrogen-bond donors (Lipinski definition) is 2.